The molecule has 1 aliphatic rings. The molecule has 0 radical (unpaired) electrons. The second-order valence-corrected chi connectivity index (χ2v) is 12.1. The summed E-state index contributed by atoms with van der Waals surface area (Å²) in [5, 5.41) is 27.1. The molecule has 208 valence electrons. The van der Waals surface area contributed by atoms with E-state index in [1.165, 1.54) is 6.20 Å². The number of nitriles is 1. The Balaban J connectivity index is 1.55. The number of nitrogens with one attached hydrogen (secondary N) is 1. The maximum absolute atomic E-state index is 12.4. The summed E-state index contributed by atoms with van der Waals surface area (Å²) < 4.78 is 12.9. The number of ether oxygens (including phenoxy) is 2. The van der Waals surface area contributed by atoms with Gasteiger partial charge in [0.25, 0.3) is 0 Å². The third-order valence-corrected chi connectivity index (χ3v) is 6.61. The summed E-state index contributed by atoms with van der Waals surface area (Å²) in [6.07, 6.45) is 4.63. The highest BCUT2D eigenvalue weighted by Gasteiger charge is 2.34. The summed E-state index contributed by atoms with van der Waals surface area (Å²) in [6, 6.07) is 8.00. The number of fused-ring (bicyclic) bond motifs is 1. The number of amides is 1. The molecule has 1 amide bonds. The van der Waals surface area contributed by atoms with Gasteiger partial charge in [-0.15, -0.1) is 0 Å². The van der Waals surface area contributed by atoms with Gasteiger partial charge in [-0.1, -0.05) is 13.8 Å². The summed E-state index contributed by atoms with van der Waals surface area (Å²) in [7, 11) is 0. The maximum atomic E-state index is 12.4. The van der Waals surface area contributed by atoms with Gasteiger partial charge in [-0.25, -0.2) is 14.3 Å². The molecule has 39 heavy (non-hydrogen) atoms. The molecular formula is C29H38N6O4. The van der Waals surface area contributed by atoms with Gasteiger partial charge in [-0.05, 0) is 64.7 Å². The average molecular weight is 535 g/mol. The zero-order valence-electron chi connectivity index (χ0n) is 23.7. The number of aromatic nitrogens is 3. The number of pyridine rings is 2. The lowest BCUT2D eigenvalue weighted by Crippen LogP contribution is -2.55. The molecule has 10 nitrogen and oxygen atoms in total. The van der Waals surface area contributed by atoms with E-state index in [4.69, 9.17) is 14.5 Å². The summed E-state index contributed by atoms with van der Waals surface area (Å²) >= 11 is 0. The predicted molar refractivity (Wildman–Crippen MR) is 149 cm³/mol. The monoisotopic (exact) mass is 534 g/mol. The van der Waals surface area contributed by atoms with Crippen LogP contribution in [0.2, 0.25) is 0 Å². The van der Waals surface area contributed by atoms with Crippen molar-refractivity contribution in [2.24, 2.45) is 11.8 Å². The zero-order chi connectivity index (χ0) is 28.5. The highest BCUT2D eigenvalue weighted by Crippen LogP contribution is 2.33. The van der Waals surface area contributed by atoms with Gasteiger partial charge in [-0.2, -0.15) is 10.4 Å². The summed E-state index contributed by atoms with van der Waals surface area (Å²) in [5.74, 6) is 1.75. The summed E-state index contributed by atoms with van der Waals surface area (Å²) in [6.45, 7) is 14.8. The van der Waals surface area contributed by atoms with Crippen LogP contribution >= 0.6 is 0 Å². The highest BCUT2D eigenvalue weighted by molar-refractivity contribution is 5.85. The van der Waals surface area contributed by atoms with Crippen molar-refractivity contribution in [3.8, 4) is 22.9 Å². The lowest BCUT2D eigenvalue weighted by Gasteiger charge is -2.42. The molecule has 4 heterocycles. The van der Waals surface area contributed by atoms with Gasteiger partial charge in [0.05, 0.1) is 29.1 Å². The Morgan fingerprint density at radius 1 is 1.18 bits per heavy atom. The van der Waals surface area contributed by atoms with Crippen molar-refractivity contribution in [2.45, 2.75) is 65.7 Å². The third-order valence-electron chi connectivity index (χ3n) is 6.61. The number of carbonyl (C=O) groups is 1. The van der Waals surface area contributed by atoms with Crippen LogP contribution in [-0.4, -0.2) is 62.7 Å². The number of piperidine rings is 1. The van der Waals surface area contributed by atoms with Gasteiger partial charge in [0.2, 0.25) is 0 Å². The molecule has 3 aromatic rings. The molecule has 3 atom stereocenters. The normalized spacial score (nSPS) is 20.0. The largest absolute Gasteiger partial charge is 0.489 e. The first-order valence-electron chi connectivity index (χ1n) is 13.2. The Hall–Kier alpha value is -3.84. The van der Waals surface area contributed by atoms with E-state index in [1.807, 2.05) is 39.0 Å². The third kappa shape index (κ3) is 6.79. The fourth-order valence-electron chi connectivity index (χ4n) is 4.94. The summed E-state index contributed by atoms with van der Waals surface area (Å²) in [4.78, 5) is 19.4. The minimum atomic E-state index is -0.996. The van der Waals surface area contributed by atoms with Crippen LogP contribution < -0.4 is 15.0 Å². The molecule has 4 rings (SSSR count). The second kappa shape index (κ2) is 10.7. The number of anilines is 1. The van der Waals surface area contributed by atoms with E-state index in [9.17, 15) is 15.2 Å². The molecular weight excluding hydrogens is 496 g/mol. The highest BCUT2D eigenvalue weighted by atomic mass is 16.6. The molecule has 0 bridgehead atoms. The molecule has 0 unspecified atom stereocenters. The van der Waals surface area contributed by atoms with E-state index < -0.39 is 11.2 Å². The van der Waals surface area contributed by atoms with Crippen LogP contribution in [0.4, 0.5) is 10.6 Å². The number of hydrogen-bond acceptors (Lipinski definition) is 8. The molecule has 1 saturated heterocycles. The van der Waals surface area contributed by atoms with E-state index in [1.54, 1.807) is 30.8 Å². The number of aliphatic hydroxyl groups is 1. The van der Waals surface area contributed by atoms with Gasteiger partial charge in [-0.3, -0.25) is 0 Å². The first kappa shape index (κ1) is 28.2. The van der Waals surface area contributed by atoms with Crippen molar-refractivity contribution in [2.75, 3.05) is 24.6 Å². The number of rotatable bonds is 6. The van der Waals surface area contributed by atoms with E-state index in [0.29, 0.717) is 16.8 Å². The van der Waals surface area contributed by atoms with E-state index >= 15 is 0 Å². The summed E-state index contributed by atoms with van der Waals surface area (Å²) in [5.41, 5.74) is 1.16. The molecule has 1 aliphatic heterocycles. The topological polar surface area (TPSA) is 125 Å². The SMILES string of the molecule is C[C@@H]1CN(c2ccc(-c3cc(OCC(C)(C)O)cn4ncc(C#N)c34)cn2)C[C@H](C)[C@H]1NC(=O)OC(C)(C)C. The predicted octanol–water partition coefficient (Wildman–Crippen LogP) is 4.40. The van der Waals surface area contributed by atoms with Crippen molar-refractivity contribution < 1.29 is 19.4 Å². The van der Waals surface area contributed by atoms with Crippen LogP contribution in [0.25, 0.3) is 16.6 Å². The molecule has 1 fully saturated rings. The standard InChI is InChI=1S/C29H38N6O4/c1-18-14-34(15-19(2)25(18)33-27(36)39-28(3,4)5)24-9-8-20(12-31-24)23-10-22(38-17-29(6,7)37)16-35-26(23)21(11-30)13-32-35/h8-10,12-13,16,18-19,25,37H,14-15,17H2,1-7H3,(H,33,36)/t18-,19+,25+. The lowest BCUT2D eigenvalue weighted by atomic mass is 9.86. The molecule has 0 spiro atoms. The Bertz CT molecular complexity index is 1350. The number of alkyl carbamates (subject to hydrolysis) is 1. The minimum Gasteiger partial charge on any atom is -0.489 e. The lowest BCUT2D eigenvalue weighted by molar-refractivity contribution is 0.0283. The van der Waals surface area contributed by atoms with Gasteiger partial charge in [0, 0.05) is 36.5 Å². The molecule has 0 aliphatic carbocycles. The molecule has 3 aromatic heterocycles. The Labute approximate surface area is 229 Å². The van der Waals surface area contributed by atoms with Gasteiger partial charge in [0.15, 0.2) is 0 Å². The van der Waals surface area contributed by atoms with Crippen LogP contribution in [0.15, 0.2) is 36.8 Å². The van der Waals surface area contributed by atoms with Crippen molar-refractivity contribution in [1.82, 2.24) is 19.9 Å². The second-order valence-electron chi connectivity index (χ2n) is 12.1. The average Bonchev–Trinajstić information content (AvgIpc) is 3.26. The van der Waals surface area contributed by atoms with Crippen molar-refractivity contribution >= 4 is 17.4 Å². The molecule has 2 N–H and O–H groups in total. The number of hydrogen-bond donors (Lipinski definition) is 2. The first-order valence-corrected chi connectivity index (χ1v) is 13.2. The zero-order valence-corrected chi connectivity index (χ0v) is 23.7. The Morgan fingerprint density at radius 2 is 1.87 bits per heavy atom. The number of nitrogens with zero attached hydrogens (tertiary/aromatic N) is 5. The van der Waals surface area contributed by atoms with Crippen molar-refractivity contribution in [3.05, 3.63) is 42.4 Å². The number of carbonyl (C=O) groups excluding carboxylic acids is 1. The van der Waals surface area contributed by atoms with Gasteiger partial charge >= 0.3 is 6.09 Å². The fraction of sp³-hybridized carbons (Fsp3) is 0.517. The smallest absolute Gasteiger partial charge is 0.407 e. The minimum absolute atomic E-state index is 0.00145. The Kier molecular flexibility index (Phi) is 7.75. The van der Waals surface area contributed by atoms with Gasteiger partial charge < -0.3 is 24.8 Å². The van der Waals surface area contributed by atoms with Crippen LogP contribution in [-0.2, 0) is 4.74 Å². The van der Waals surface area contributed by atoms with Crippen molar-refractivity contribution in [3.63, 3.8) is 0 Å². The van der Waals surface area contributed by atoms with Gasteiger partial charge in [0.1, 0.15) is 29.8 Å². The maximum Gasteiger partial charge on any atom is 0.407 e. The van der Waals surface area contributed by atoms with Crippen molar-refractivity contribution in [1.29, 1.82) is 5.26 Å². The van der Waals surface area contributed by atoms with E-state index in [-0.39, 0.29) is 30.6 Å². The first-order chi connectivity index (χ1) is 18.2. The molecule has 0 aromatic carbocycles. The quantitative estimate of drug-likeness (QED) is 0.477. The molecule has 10 heteroatoms. The van der Waals surface area contributed by atoms with E-state index in [0.717, 1.165) is 30.0 Å². The van der Waals surface area contributed by atoms with E-state index in [2.05, 4.69) is 35.2 Å². The Morgan fingerprint density at radius 3 is 2.44 bits per heavy atom. The fourth-order valence-corrected chi connectivity index (χ4v) is 4.94. The van der Waals surface area contributed by atoms with Crippen LogP contribution in [0, 0.1) is 23.2 Å². The van der Waals surface area contributed by atoms with Crippen LogP contribution in [0.5, 0.6) is 5.75 Å². The van der Waals surface area contributed by atoms with Crippen LogP contribution in [0.3, 0.4) is 0 Å². The van der Waals surface area contributed by atoms with Crippen LogP contribution in [0.1, 0.15) is 54.0 Å². The molecule has 0 saturated carbocycles.